The quantitative estimate of drug-likeness (QED) is 0.806. The number of rotatable bonds is 4. The summed E-state index contributed by atoms with van der Waals surface area (Å²) in [5.74, 6) is 0. The van der Waals surface area contributed by atoms with Gasteiger partial charge in [-0.2, -0.15) is 0 Å². The third-order valence-corrected chi connectivity index (χ3v) is 4.62. The molecule has 4 nitrogen and oxygen atoms in total. The summed E-state index contributed by atoms with van der Waals surface area (Å²) < 4.78 is 21.7. The molecule has 0 bridgehead atoms. The van der Waals surface area contributed by atoms with Crippen LogP contribution < -0.4 is 0 Å². The van der Waals surface area contributed by atoms with E-state index in [0.29, 0.717) is 5.56 Å². The Balaban J connectivity index is 3.18. The first kappa shape index (κ1) is 12.4. The second kappa shape index (κ2) is 4.45. The molecule has 0 aliphatic heterocycles. The van der Waals surface area contributed by atoms with Crippen LogP contribution in [-0.4, -0.2) is 19.3 Å². The van der Waals surface area contributed by atoms with E-state index in [4.69, 9.17) is 9.05 Å². The zero-order valence-corrected chi connectivity index (χ0v) is 9.90. The molecule has 0 spiro atoms. The molecule has 0 amide bonds. The third-order valence-electron chi connectivity index (χ3n) is 2.33. The summed E-state index contributed by atoms with van der Waals surface area (Å²) in [7, 11) is -1.05. The van der Waals surface area contributed by atoms with Crippen molar-refractivity contribution in [3.63, 3.8) is 0 Å². The second-order valence-corrected chi connectivity index (χ2v) is 5.85. The normalized spacial score (nSPS) is 16.0. The van der Waals surface area contributed by atoms with E-state index in [1.54, 1.807) is 24.3 Å². The van der Waals surface area contributed by atoms with E-state index in [1.807, 2.05) is 6.07 Å². The molecule has 1 N–H and O–H groups in total. The minimum atomic E-state index is -3.55. The van der Waals surface area contributed by atoms with Gasteiger partial charge in [-0.3, -0.25) is 4.57 Å². The molecule has 1 rings (SSSR count). The molecule has 0 heterocycles. The Bertz CT molecular complexity index is 353. The third kappa shape index (κ3) is 2.13. The van der Waals surface area contributed by atoms with Crippen molar-refractivity contribution in [3.05, 3.63) is 35.9 Å². The largest absolute Gasteiger partial charge is 0.373 e. The molecule has 1 aromatic carbocycles. The first-order valence-corrected chi connectivity index (χ1v) is 6.01. The van der Waals surface area contributed by atoms with Gasteiger partial charge in [0.25, 0.3) is 0 Å². The summed E-state index contributed by atoms with van der Waals surface area (Å²) in [5.41, 5.74) is 0.497. The highest BCUT2D eigenvalue weighted by Crippen LogP contribution is 2.62. The Labute approximate surface area is 89.4 Å². The van der Waals surface area contributed by atoms with Crippen molar-refractivity contribution in [2.24, 2.45) is 0 Å². The molecule has 0 aromatic heterocycles. The molecule has 84 valence electrons. The lowest BCUT2D eigenvalue weighted by molar-refractivity contribution is 0.0932. The van der Waals surface area contributed by atoms with Gasteiger partial charge in [-0.15, -0.1) is 0 Å². The van der Waals surface area contributed by atoms with Gasteiger partial charge >= 0.3 is 7.60 Å². The molecule has 0 saturated heterocycles. The maximum absolute atomic E-state index is 12.1. The van der Waals surface area contributed by atoms with Gasteiger partial charge in [0.15, 0.2) is 5.34 Å². The summed E-state index contributed by atoms with van der Waals surface area (Å²) in [4.78, 5) is 0. The molecule has 0 aliphatic carbocycles. The van der Waals surface area contributed by atoms with E-state index in [9.17, 15) is 9.67 Å². The van der Waals surface area contributed by atoms with Crippen molar-refractivity contribution in [3.8, 4) is 0 Å². The van der Waals surface area contributed by atoms with Crippen LogP contribution in [0.15, 0.2) is 30.3 Å². The number of benzene rings is 1. The highest BCUT2D eigenvalue weighted by molar-refractivity contribution is 7.54. The standard InChI is InChI=1S/C10H15O4P/c1-10(11,15(12,13-2)14-3)9-7-5-4-6-8-9/h4-8,11H,1-3H3/t10-/m0/s1. The highest BCUT2D eigenvalue weighted by Gasteiger charge is 2.45. The van der Waals surface area contributed by atoms with E-state index in [2.05, 4.69) is 0 Å². The molecule has 1 atom stereocenters. The fourth-order valence-electron chi connectivity index (χ4n) is 1.34. The summed E-state index contributed by atoms with van der Waals surface area (Å²) in [6, 6.07) is 8.65. The zero-order chi connectivity index (χ0) is 11.5. The summed E-state index contributed by atoms with van der Waals surface area (Å²) in [6.45, 7) is 1.41. The number of aliphatic hydroxyl groups is 1. The predicted molar refractivity (Wildman–Crippen MR) is 57.6 cm³/mol. The average Bonchev–Trinajstić information content (AvgIpc) is 2.29. The molecule has 5 heteroatoms. The van der Waals surface area contributed by atoms with E-state index in [1.165, 1.54) is 21.1 Å². The monoisotopic (exact) mass is 230 g/mol. The van der Waals surface area contributed by atoms with Gasteiger partial charge in [0, 0.05) is 14.2 Å². The Kier molecular flexibility index (Phi) is 3.68. The van der Waals surface area contributed by atoms with Gasteiger partial charge in [-0.25, -0.2) is 0 Å². The maximum Gasteiger partial charge on any atom is 0.365 e. The van der Waals surface area contributed by atoms with Crippen molar-refractivity contribution in [2.45, 2.75) is 12.3 Å². The fraction of sp³-hybridized carbons (Fsp3) is 0.400. The van der Waals surface area contributed by atoms with Crippen molar-refractivity contribution in [1.82, 2.24) is 0 Å². The van der Waals surface area contributed by atoms with Crippen LogP contribution in [0.4, 0.5) is 0 Å². The van der Waals surface area contributed by atoms with Crippen LogP contribution in [0.2, 0.25) is 0 Å². The molecule has 1 aromatic rings. The van der Waals surface area contributed by atoms with Gasteiger partial charge in [0.2, 0.25) is 0 Å². The van der Waals surface area contributed by atoms with Crippen molar-refractivity contribution in [1.29, 1.82) is 0 Å². The lowest BCUT2D eigenvalue weighted by atomic mass is 10.1. The van der Waals surface area contributed by atoms with Crippen LogP contribution in [-0.2, 0) is 19.0 Å². The van der Waals surface area contributed by atoms with E-state index >= 15 is 0 Å². The van der Waals surface area contributed by atoms with Crippen molar-refractivity contribution >= 4 is 7.60 Å². The van der Waals surface area contributed by atoms with Crippen molar-refractivity contribution < 1.29 is 18.7 Å². The lowest BCUT2D eigenvalue weighted by Crippen LogP contribution is -2.23. The molecule has 0 fully saturated rings. The second-order valence-electron chi connectivity index (χ2n) is 3.25. The first-order valence-electron chi connectivity index (χ1n) is 4.47. The SMILES string of the molecule is COP(=O)(OC)[C@](C)(O)c1ccccc1. The molecule has 0 unspecified atom stereocenters. The molecule has 0 aliphatic rings. The maximum atomic E-state index is 12.1. The average molecular weight is 230 g/mol. The van der Waals surface area contributed by atoms with Crippen LogP contribution >= 0.6 is 7.60 Å². The van der Waals surface area contributed by atoms with E-state index in [0.717, 1.165) is 0 Å². The van der Waals surface area contributed by atoms with Crippen LogP contribution in [0.5, 0.6) is 0 Å². The Morgan fingerprint density at radius 3 is 2.07 bits per heavy atom. The number of hydrogen-bond donors (Lipinski definition) is 1. The van der Waals surface area contributed by atoms with Crippen LogP contribution in [0.1, 0.15) is 12.5 Å². The summed E-state index contributed by atoms with van der Waals surface area (Å²) in [5, 5.41) is 8.55. The summed E-state index contributed by atoms with van der Waals surface area (Å²) >= 11 is 0. The van der Waals surface area contributed by atoms with Gasteiger partial charge in [0.1, 0.15) is 0 Å². The molecule has 0 radical (unpaired) electrons. The van der Waals surface area contributed by atoms with Crippen LogP contribution in [0.25, 0.3) is 0 Å². The number of hydrogen-bond acceptors (Lipinski definition) is 4. The zero-order valence-electron chi connectivity index (χ0n) is 9.01. The van der Waals surface area contributed by atoms with Crippen LogP contribution in [0, 0.1) is 0 Å². The fourth-order valence-corrected chi connectivity index (χ4v) is 2.67. The Hall–Kier alpha value is -0.670. The van der Waals surface area contributed by atoms with Gasteiger partial charge < -0.3 is 14.2 Å². The van der Waals surface area contributed by atoms with Gasteiger partial charge in [0.05, 0.1) is 0 Å². The minimum absolute atomic E-state index is 0.497. The Morgan fingerprint density at radius 1 is 1.20 bits per heavy atom. The Morgan fingerprint density at radius 2 is 1.67 bits per heavy atom. The highest BCUT2D eigenvalue weighted by atomic mass is 31.2. The summed E-state index contributed by atoms with van der Waals surface area (Å²) in [6.07, 6.45) is 0. The molecule has 15 heavy (non-hydrogen) atoms. The minimum Gasteiger partial charge on any atom is -0.373 e. The topological polar surface area (TPSA) is 55.8 Å². The molecular formula is C10H15O4P. The van der Waals surface area contributed by atoms with E-state index < -0.39 is 12.9 Å². The smallest absolute Gasteiger partial charge is 0.365 e. The van der Waals surface area contributed by atoms with Gasteiger partial charge in [-0.1, -0.05) is 30.3 Å². The van der Waals surface area contributed by atoms with Crippen LogP contribution in [0.3, 0.4) is 0 Å². The molecule has 0 saturated carbocycles. The lowest BCUT2D eigenvalue weighted by Gasteiger charge is -2.29. The van der Waals surface area contributed by atoms with Gasteiger partial charge in [-0.05, 0) is 12.5 Å². The first-order chi connectivity index (χ1) is 6.98. The van der Waals surface area contributed by atoms with Crippen molar-refractivity contribution in [2.75, 3.05) is 14.2 Å². The predicted octanol–water partition coefficient (Wildman–Crippen LogP) is 2.34. The molecular weight excluding hydrogens is 215 g/mol. The van der Waals surface area contributed by atoms with E-state index in [-0.39, 0.29) is 0 Å².